The smallest absolute Gasteiger partial charge is 0.341 e. The van der Waals surface area contributed by atoms with E-state index in [9.17, 15) is 18.0 Å². The highest BCUT2D eigenvalue weighted by molar-refractivity contribution is 9.10. The zero-order chi connectivity index (χ0) is 18.7. The van der Waals surface area contributed by atoms with Crippen LogP contribution in [-0.2, 0) is 17.4 Å². The number of piperidine rings is 1. The number of aromatic nitrogens is 2. The average molecular weight is 428 g/mol. The summed E-state index contributed by atoms with van der Waals surface area (Å²) in [6, 6.07) is 8.45. The SMILES string of the molecule is O=C(Cc1ccccc1Br)C1CCN(c2nccc(C(F)(F)F)n2)CC1. The lowest BCUT2D eigenvalue weighted by atomic mass is 9.89. The van der Waals surface area contributed by atoms with Gasteiger partial charge in [0.05, 0.1) is 0 Å². The molecule has 3 rings (SSSR count). The molecule has 0 spiro atoms. The van der Waals surface area contributed by atoms with Crippen LogP contribution in [0.5, 0.6) is 0 Å². The molecule has 1 saturated heterocycles. The van der Waals surface area contributed by atoms with E-state index in [2.05, 4.69) is 25.9 Å². The summed E-state index contributed by atoms with van der Waals surface area (Å²) in [5.41, 5.74) is -0.00392. The van der Waals surface area contributed by atoms with Gasteiger partial charge in [-0.1, -0.05) is 34.1 Å². The van der Waals surface area contributed by atoms with Crippen molar-refractivity contribution in [3.05, 3.63) is 52.3 Å². The number of hydrogen-bond acceptors (Lipinski definition) is 4. The molecule has 0 aliphatic carbocycles. The Kier molecular flexibility index (Phi) is 5.60. The molecule has 0 saturated carbocycles. The number of rotatable bonds is 4. The van der Waals surface area contributed by atoms with Crippen molar-refractivity contribution in [3.8, 4) is 0 Å². The third-order valence-corrected chi connectivity index (χ3v) is 5.26. The molecule has 4 nitrogen and oxygen atoms in total. The molecule has 2 aromatic rings. The van der Waals surface area contributed by atoms with Crippen LogP contribution < -0.4 is 4.90 Å². The molecule has 0 bridgehead atoms. The van der Waals surface area contributed by atoms with Crippen molar-refractivity contribution in [3.63, 3.8) is 0 Å². The molecule has 1 fully saturated rings. The fourth-order valence-electron chi connectivity index (χ4n) is 3.03. The Balaban J connectivity index is 1.61. The van der Waals surface area contributed by atoms with E-state index >= 15 is 0 Å². The van der Waals surface area contributed by atoms with Gasteiger partial charge in [0.2, 0.25) is 5.95 Å². The second-order valence-corrected chi connectivity index (χ2v) is 7.09. The van der Waals surface area contributed by atoms with Gasteiger partial charge in [-0.25, -0.2) is 9.97 Å². The number of benzene rings is 1. The van der Waals surface area contributed by atoms with Crippen LogP contribution >= 0.6 is 15.9 Å². The van der Waals surface area contributed by atoms with Crippen LogP contribution in [-0.4, -0.2) is 28.8 Å². The van der Waals surface area contributed by atoms with Crippen molar-refractivity contribution in [2.75, 3.05) is 18.0 Å². The van der Waals surface area contributed by atoms with Crippen LogP contribution in [0.1, 0.15) is 24.1 Å². The first-order valence-corrected chi connectivity index (χ1v) is 9.05. The van der Waals surface area contributed by atoms with Crippen molar-refractivity contribution in [1.29, 1.82) is 0 Å². The molecule has 0 N–H and O–H groups in total. The van der Waals surface area contributed by atoms with Crippen LogP contribution in [0.2, 0.25) is 0 Å². The van der Waals surface area contributed by atoms with Gasteiger partial charge in [0.1, 0.15) is 11.5 Å². The molecule has 0 amide bonds. The zero-order valence-electron chi connectivity index (χ0n) is 13.8. The van der Waals surface area contributed by atoms with E-state index in [4.69, 9.17) is 0 Å². The minimum absolute atomic E-state index is 0.0662. The van der Waals surface area contributed by atoms with E-state index in [0.29, 0.717) is 32.4 Å². The quantitative estimate of drug-likeness (QED) is 0.729. The molecular weight excluding hydrogens is 411 g/mol. The van der Waals surface area contributed by atoms with Crippen molar-refractivity contribution in [1.82, 2.24) is 9.97 Å². The van der Waals surface area contributed by atoms with Crippen LogP contribution in [0.3, 0.4) is 0 Å². The van der Waals surface area contributed by atoms with Gasteiger partial charge in [0.25, 0.3) is 0 Å². The normalized spacial score (nSPS) is 15.9. The minimum Gasteiger partial charge on any atom is -0.341 e. The maximum Gasteiger partial charge on any atom is 0.433 e. The van der Waals surface area contributed by atoms with Crippen LogP contribution in [0.4, 0.5) is 19.1 Å². The number of alkyl halides is 3. The Labute approximate surface area is 157 Å². The lowest BCUT2D eigenvalue weighted by molar-refractivity contribution is -0.141. The number of anilines is 1. The number of Topliss-reactive ketones (excluding diaryl/α,β-unsaturated/α-hetero) is 1. The summed E-state index contributed by atoms with van der Waals surface area (Å²) in [5.74, 6) is 0.127. The summed E-state index contributed by atoms with van der Waals surface area (Å²) in [5, 5.41) is 0. The monoisotopic (exact) mass is 427 g/mol. The predicted octanol–water partition coefficient (Wildman–Crippen LogP) is 4.29. The molecule has 1 aliphatic heterocycles. The molecule has 1 aromatic heterocycles. The summed E-state index contributed by atoms with van der Waals surface area (Å²) in [6.45, 7) is 0.932. The summed E-state index contributed by atoms with van der Waals surface area (Å²) >= 11 is 3.44. The number of halogens is 4. The number of ketones is 1. The van der Waals surface area contributed by atoms with E-state index in [1.165, 1.54) is 0 Å². The van der Waals surface area contributed by atoms with E-state index in [0.717, 1.165) is 22.3 Å². The van der Waals surface area contributed by atoms with Gasteiger partial charge in [-0.05, 0) is 30.5 Å². The summed E-state index contributed by atoms with van der Waals surface area (Å²) in [7, 11) is 0. The maximum absolute atomic E-state index is 12.8. The highest BCUT2D eigenvalue weighted by Gasteiger charge is 2.34. The van der Waals surface area contributed by atoms with Crippen molar-refractivity contribution < 1.29 is 18.0 Å². The second kappa shape index (κ2) is 7.73. The first kappa shape index (κ1) is 18.8. The molecular formula is C18H17BrF3N3O. The first-order valence-electron chi connectivity index (χ1n) is 8.26. The number of carbonyl (C=O) groups excluding carboxylic acids is 1. The van der Waals surface area contributed by atoms with Crippen molar-refractivity contribution >= 4 is 27.7 Å². The van der Waals surface area contributed by atoms with Gasteiger partial charge >= 0.3 is 6.18 Å². The first-order chi connectivity index (χ1) is 12.3. The highest BCUT2D eigenvalue weighted by atomic mass is 79.9. The zero-order valence-corrected chi connectivity index (χ0v) is 15.4. The molecule has 1 aromatic carbocycles. The van der Waals surface area contributed by atoms with Gasteiger partial charge in [-0.2, -0.15) is 13.2 Å². The van der Waals surface area contributed by atoms with Crippen LogP contribution in [0.15, 0.2) is 41.0 Å². The highest BCUT2D eigenvalue weighted by Crippen LogP contribution is 2.29. The molecule has 1 aliphatic rings. The van der Waals surface area contributed by atoms with Gasteiger partial charge < -0.3 is 4.90 Å². The Morgan fingerprint density at radius 1 is 1.19 bits per heavy atom. The molecule has 0 atom stereocenters. The van der Waals surface area contributed by atoms with Crippen molar-refractivity contribution in [2.45, 2.75) is 25.4 Å². The maximum atomic E-state index is 12.8. The van der Waals surface area contributed by atoms with Gasteiger partial charge in [0.15, 0.2) is 0 Å². The topological polar surface area (TPSA) is 46.1 Å². The molecule has 138 valence electrons. The van der Waals surface area contributed by atoms with E-state index in [-0.39, 0.29) is 17.6 Å². The predicted molar refractivity (Wildman–Crippen MR) is 94.8 cm³/mol. The van der Waals surface area contributed by atoms with Gasteiger partial charge in [-0.3, -0.25) is 4.79 Å². The fourth-order valence-corrected chi connectivity index (χ4v) is 3.46. The van der Waals surface area contributed by atoms with Crippen molar-refractivity contribution in [2.24, 2.45) is 5.92 Å². The number of carbonyl (C=O) groups is 1. The third-order valence-electron chi connectivity index (χ3n) is 4.49. The number of hydrogen-bond donors (Lipinski definition) is 0. The lowest BCUT2D eigenvalue weighted by Gasteiger charge is -2.31. The summed E-state index contributed by atoms with van der Waals surface area (Å²) < 4.78 is 39.3. The van der Waals surface area contributed by atoms with E-state index in [1.807, 2.05) is 24.3 Å². The van der Waals surface area contributed by atoms with E-state index in [1.54, 1.807) is 4.90 Å². The standard InChI is InChI=1S/C18H17BrF3N3O/c19-14-4-2-1-3-13(14)11-15(26)12-6-9-25(10-7-12)17-23-8-5-16(24-17)18(20,21)22/h1-5,8,12H,6-7,9-11H2. The van der Waals surface area contributed by atoms with Gasteiger partial charge in [-0.15, -0.1) is 0 Å². The Morgan fingerprint density at radius 3 is 2.54 bits per heavy atom. The molecule has 26 heavy (non-hydrogen) atoms. The molecule has 8 heteroatoms. The lowest BCUT2D eigenvalue weighted by Crippen LogP contribution is -2.38. The summed E-state index contributed by atoms with van der Waals surface area (Å²) in [4.78, 5) is 21.8. The summed E-state index contributed by atoms with van der Waals surface area (Å²) in [6.07, 6.45) is -1.84. The Hall–Kier alpha value is -1.96. The Morgan fingerprint density at radius 2 is 1.88 bits per heavy atom. The second-order valence-electron chi connectivity index (χ2n) is 6.24. The molecule has 0 unspecified atom stereocenters. The fraction of sp³-hybridized carbons (Fsp3) is 0.389. The third kappa shape index (κ3) is 4.41. The number of nitrogens with zero attached hydrogens (tertiary/aromatic N) is 3. The van der Waals surface area contributed by atoms with Crippen LogP contribution in [0.25, 0.3) is 0 Å². The minimum atomic E-state index is -4.49. The largest absolute Gasteiger partial charge is 0.433 e. The Bertz CT molecular complexity index is 789. The molecule has 0 radical (unpaired) electrons. The van der Waals surface area contributed by atoms with Crippen LogP contribution in [0, 0.1) is 5.92 Å². The van der Waals surface area contributed by atoms with E-state index < -0.39 is 11.9 Å². The molecule has 2 heterocycles. The average Bonchev–Trinajstić information content (AvgIpc) is 2.63. The van der Waals surface area contributed by atoms with Gasteiger partial charge in [0, 0.05) is 36.1 Å².